The van der Waals surface area contributed by atoms with Crippen LogP contribution in [0.1, 0.15) is 50.2 Å². The second kappa shape index (κ2) is 6.89. The third kappa shape index (κ3) is 4.34. The van der Waals surface area contributed by atoms with E-state index in [1.165, 1.54) is 11.1 Å². The van der Waals surface area contributed by atoms with Crippen molar-refractivity contribution in [1.82, 2.24) is 5.32 Å². The largest absolute Gasteiger partial charge is 0.388 e. The molecule has 0 radical (unpaired) electrons. The van der Waals surface area contributed by atoms with Gasteiger partial charge in [0.15, 0.2) is 0 Å². The van der Waals surface area contributed by atoms with Crippen LogP contribution in [0.4, 0.5) is 0 Å². The molecule has 0 spiro atoms. The maximum Gasteiger partial charge on any atom is 0.220 e. The Kier molecular flexibility index (Phi) is 5.18. The first-order valence-electron chi connectivity index (χ1n) is 7.68. The Morgan fingerprint density at radius 1 is 1.20 bits per heavy atom. The number of carbonyl (C=O) groups is 1. The van der Waals surface area contributed by atoms with Gasteiger partial charge in [-0.15, -0.1) is 0 Å². The standard InChI is InChI=1S/C17H25NO2/c1-2-14-5-7-15(8-6-14)9-10-16(19)18-13-17(20)11-3-4-12-17/h5-8,20H,2-4,9-13H2,1H3,(H,18,19). The summed E-state index contributed by atoms with van der Waals surface area (Å²) in [6.45, 7) is 2.54. The summed E-state index contributed by atoms with van der Waals surface area (Å²) in [6, 6.07) is 8.43. The second-order valence-electron chi connectivity index (χ2n) is 5.88. The van der Waals surface area contributed by atoms with Crippen LogP contribution in [0.2, 0.25) is 0 Å². The van der Waals surface area contributed by atoms with E-state index in [4.69, 9.17) is 0 Å². The quantitative estimate of drug-likeness (QED) is 0.838. The molecule has 1 fully saturated rings. The maximum atomic E-state index is 11.8. The highest BCUT2D eigenvalue weighted by Gasteiger charge is 2.31. The molecule has 110 valence electrons. The van der Waals surface area contributed by atoms with Crippen LogP contribution in [0.3, 0.4) is 0 Å². The summed E-state index contributed by atoms with van der Waals surface area (Å²) in [5.74, 6) is 0.0323. The van der Waals surface area contributed by atoms with Crippen LogP contribution < -0.4 is 5.32 Å². The Morgan fingerprint density at radius 3 is 2.40 bits per heavy atom. The molecular weight excluding hydrogens is 250 g/mol. The molecule has 0 bridgehead atoms. The summed E-state index contributed by atoms with van der Waals surface area (Å²) in [7, 11) is 0. The predicted octanol–water partition coefficient (Wildman–Crippen LogP) is 2.60. The van der Waals surface area contributed by atoms with Gasteiger partial charge in [-0.2, -0.15) is 0 Å². The predicted molar refractivity (Wildman–Crippen MR) is 80.6 cm³/mol. The van der Waals surface area contributed by atoms with Gasteiger partial charge in [-0.25, -0.2) is 0 Å². The Balaban J connectivity index is 1.71. The molecule has 0 saturated heterocycles. The van der Waals surface area contributed by atoms with Gasteiger partial charge in [0, 0.05) is 13.0 Å². The van der Waals surface area contributed by atoms with Crippen LogP contribution in [0.15, 0.2) is 24.3 Å². The van der Waals surface area contributed by atoms with Gasteiger partial charge >= 0.3 is 0 Å². The van der Waals surface area contributed by atoms with E-state index in [9.17, 15) is 9.90 Å². The molecule has 3 heteroatoms. The Morgan fingerprint density at radius 2 is 1.80 bits per heavy atom. The molecule has 0 atom stereocenters. The third-order valence-corrected chi connectivity index (χ3v) is 4.22. The average molecular weight is 275 g/mol. The van der Waals surface area contributed by atoms with Gasteiger partial charge in [-0.05, 0) is 36.8 Å². The summed E-state index contributed by atoms with van der Waals surface area (Å²) >= 11 is 0. The summed E-state index contributed by atoms with van der Waals surface area (Å²) in [5, 5.41) is 13.0. The lowest BCUT2D eigenvalue weighted by atomic mass is 10.0. The van der Waals surface area contributed by atoms with Crippen molar-refractivity contribution in [3.63, 3.8) is 0 Å². The zero-order valence-corrected chi connectivity index (χ0v) is 12.3. The highest BCUT2D eigenvalue weighted by atomic mass is 16.3. The van der Waals surface area contributed by atoms with E-state index in [1.54, 1.807) is 0 Å². The number of rotatable bonds is 6. The van der Waals surface area contributed by atoms with Crippen LogP contribution >= 0.6 is 0 Å². The first-order chi connectivity index (χ1) is 9.61. The molecule has 2 N–H and O–H groups in total. The summed E-state index contributed by atoms with van der Waals surface area (Å²) in [6.07, 6.45) is 6.04. The van der Waals surface area contributed by atoms with Gasteiger partial charge in [-0.3, -0.25) is 4.79 Å². The lowest BCUT2D eigenvalue weighted by Gasteiger charge is -2.22. The van der Waals surface area contributed by atoms with E-state index in [0.717, 1.165) is 38.5 Å². The first kappa shape index (κ1) is 15.0. The summed E-state index contributed by atoms with van der Waals surface area (Å²) < 4.78 is 0. The van der Waals surface area contributed by atoms with Crippen LogP contribution in [0.25, 0.3) is 0 Å². The number of nitrogens with one attached hydrogen (secondary N) is 1. The van der Waals surface area contributed by atoms with Crippen LogP contribution in [0.5, 0.6) is 0 Å². The van der Waals surface area contributed by atoms with Gasteiger partial charge in [0.1, 0.15) is 0 Å². The fourth-order valence-electron chi connectivity index (χ4n) is 2.76. The molecule has 0 aliphatic heterocycles. The normalized spacial score (nSPS) is 17.1. The smallest absolute Gasteiger partial charge is 0.220 e. The van der Waals surface area contributed by atoms with Gasteiger partial charge in [-0.1, -0.05) is 44.0 Å². The molecule has 0 heterocycles. The van der Waals surface area contributed by atoms with Gasteiger partial charge in [0.05, 0.1) is 5.60 Å². The summed E-state index contributed by atoms with van der Waals surface area (Å²) in [5.41, 5.74) is 1.86. The van der Waals surface area contributed by atoms with Crippen molar-refractivity contribution in [2.24, 2.45) is 0 Å². The highest BCUT2D eigenvalue weighted by Crippen LogP contribution is 2.28. The molecule has 1 saturated carbocycles. The molecule has 1 aromatic carbocycles. The Labute approximate surface area is 121 Å². The topological polar surface area (TPSA) is 49.3 Å². The van der Waals surface area contributed by atoms with E-state index >= 15 is 0 Å². The second-order valence-corrected chi connectivity index (χ2v) is 5.88. The van der Waals surface area contributed by atoms with E-state index in [0.29, 0.717) is 13.0 Å². The van der Waals surface area contributed by atoms with Crippen molar-refractivity contribution in [1.29, 1.82) is 0 Å². The van der Waals surface area contributed by atoms with E-state index in [1.807, 2.05) is 0 Å². The fraction of sp³-hybridized carbons (Fsp3) is 0.588. The third-order valence-electron chi connectivity index (χ3n) is 4.22. The number of aryl methyl sites for hydroxylation is 2. The van der Waals surface area contributed by atoms with Crippen molar-refractivity contribution in [2.45, 2.75) is 57.5 Å². The molecule has 1 aromatic rings. The minimum Gasteiger partial charge on any atom is -0.388 e. The van der Waals surface area contributed by atoms with Crippen molar-refractivity contribution in [3.05, 3.63) is 35.4 Å². The Hall–Kier alpha value is -1.35. The van der Waals surface area contributed by atoms with Crippen molar-refractivity contribution < 1.29 is 9.90 Å². The first-order valence-corrected chi connectivity index (χ1v) is 7.68. The molecular formula is C17H25NO2. The number of amides is 1. The summed E-state index contributed by atoms with van der Waals surface area (Å²) in [4.78, 5) is 11.8. The lowest BCUT2D eigenvalue weighted by molar-refractivity contribution is -0.122. The number of hydrogen-bond donors (Lipinski definition) is 2. The van der Waals surface area contributed by atoms with Gasteiger partial charge in [0.2, 0.25) is 5.91 Å². The molecule has 1 amide bonds. The molecule has 20 heavy (non-hydrogen) atoms. The van der Waals surface area contributed by atoms with Gasteiger partial charge < -0.3 is 10.4 Å². The van der Waals surface area contributed by atoms with Gasteiger partial charge in [0.25, 0.3) is 0 Å². The average Bonchev–Trinajstić information content (AvgIpc) is 2.91. The maximum absolute atomic E-state index is 11.8. The van der Waals surface area contributed by atoms with Crippen LogP contribution in [-0.4, -0.2) is 23.2 Å². The molecule has 3 nitrogen and oxygen atoms in total. The zero-order chi connectivity index (χ0) is 14.4. The Bertz CT molecular complexity index is 433. The lowest BCUT2D eigenvalue weighted by Crippen LogP contribution is -2.40. The van der Waals surface area contributed by atoms with Crippen LogP contribution in [-0.2, 0) is 17.6 Å². The number of hydrogen-bond acceptors (Lipinski definition) is 2. The SMILES string of the molecule is CCc1ccc(CCC(=O)NCC2(O)CCCC2)cc1. The van der Waals surface area contributed by atoms with Crippen molar-refractivity contribution in [2.75, 3.05) is 6.54 Å². The molecule has 0 unspecified atom stereocenters. The van der Waals surface area contributed by atoms with Crippen molar-refractivity contribution >= 4 is 5.91 Å². The van der Waals surface area contributed by atoms with E-state index in [-0.39, 0.29) is 5.91 Å². The number of carbonyl (C=O) groups excluding carboxylic acids is 1. The fourth-order valence-corrected chi connectivity index (χ4v) is 2.76. The van der Waals surface area contributed by atoms with E-state index < -0.39 is 5.60 Å². The molecule has 0 aromatic heterocycles. The number of aliphatic hydroxyl groups is 1. The zero-order valence-electron chi connectivity index (χ0n) is 12.3. The van der Waals surface area contributed by atoms with E-state index in [2.05, 4.69) is 36.5 Å². The minimum atomic E-state index is -0.654. The highest BCUT2D eigenvalue weighted by molar-refractivity contribution is 5.76. The molecule has 1 aliphatic carbocycles. The van der Waals surface area contributed by atoms with Crippen LogP contribution in [0, 0.1) is 0 Å². The molecule has 1 aliphatic rings. The molecule has 2 rings (SSSR count). The number of benzene rings is 1. The minimum absolute atomic E-state index is 0.0323. The monoisotopic (exact) mass is 275 g/mol. The van der Waals surface area contributed by atoms with Crippen molar-refractivity contribution in [3.8, 4) is 0 Å².